The number of benzene rings is 1. The Morgan fingerprint density at radius 2 is 2.22 bits per heavy atom. The van der Waals surface area contributed by atoms with Crippen LogP contribution in [0.15, 0.2) is 22.7 Å². The first-order valence-corrected chi connectivity index (χ1v) is 8.55. The van der Waals surface area contributed by atoms with Crippen molar-refractivity contribution in [1.29, 1.82) is 0 Å². The summed E-state index contributed by atoms with van der Waals surface area (Å²) in [5, 5.41) is 10.4. The maximum absolute atomic E-state index is 13.5. The van der Waals surface area contributed by atoms with Crippen molar-refractivity contribution in [2.24, 2.45) is 5.92 Å². The number of likely N-dealkylation sites (tertiary alicyclic amines) is 1. The van der Waals surface area contributed by atoms with Crippen molar-refractivity contribution < 1.29 is 19.0 Å². The average molecular weight is 388 g/mol. The van der Waals surface area contributed by atoms with Gasteiger partial charge >= 0.3 is 6.09 Å². The van der Waals surface area contributed by atoms with E-state index in [1.807, 2.05) is 20.8 Å². The molecule has 0 saturated carbocycles. The van der Waals surface area contributed by atoms with Gasteiger partial charge in [0, 0.05) is 19.0 Å². The van der Waals surface area contributed by atoms with Crippen molar-refractivity contribution in [2.45, 2.75) is 45.3 Å². The SMILES string of the molecule is CC(C)(C)OC(=O)N1CCC(C(O)Cc2cccc(F)c2Br)C1. The fourth-order valence-electron chi connectivity index (χ4n) is 2.69. The molecule has 1 N–H and O–H groups in total. The molecular formula is C17H23BrFNO3. The Bertz CT molecular complexity index is 573. The lowest BCUT2D eigenvalue weighted by Gasteiger charge is -2.25. The number of aliphatic hydroxyl groups is 1. The first-order chi connectivity index (χ1) is 10.7. The van der Waals surface area contributed by atoms with Crippen LogP contribution in [0.25, 0.3) is 0 Å². The summed E-state index contributed by atoms with van der Waals surface area (Å²) in [4.78, 5) is 13.7. The van der Waals surface area contributed by atoms with Gasteiger partial charge in [0.2, 0.25) is 0 Å². The molecule has 1 aliphatic rings. The van der Waals surface area contributed by atoms with E-state index >= 15 is 0 Å². The second-order valence-corrected chi connectivity index (χ2v) is 7.75. The number of ether oxygens (including phenoxy) is 1. The Balaban J connectivity index is 1.93. The summed E-state index contributed by atoms with van der Waals surface area (Å²) in [7, 11) is 0. The van der Waals surface area contributed by atoms with Crippen LogP contribution < -0.4 is 0 Å². The molecule has 2 unspecified atom stereocenters. The minimum absolute atomic E-state index is 0.0299. The Hall–Kier alpha value is -1.14. The van der Waals surface area contributed by atoms with E-state index in [9.17, 15) is 14.3 Å². The van der Waals surface area contributed by atoms with Crippen LogP contribution in [0.1, 0.15) is 32.8 Å². The topological polar surface area (TPSA) is 49.8 Å². The van der Waals surface area contributed by atoms with Gasteiger partial charge in [0.15, 0.2) is 0 Å². The van der Waals surface area contributed by atoms with Crippen LogP contribution in [0.4, 0.5) is 9.18 Å². The maximum Gasteiger partial charge on any atom is 0.410 e. The van der Waals surface area contributed by atoms with Gasteiger partial charge in [0.1, 0.15) is 11.4 Å². The summed E-state index contributed by atoms with van der Waals surface area (Å²) in [6.45, 7) is 6.52. The third kappa shape index (κ3) is 4.91. The molecule has 1 saturated heterocycles. The predicted octanol–water partition coefficient (Wildman–Crippen LogP) is 3.75. The Kier molecular flexibility index (Phi) is 5.68. The third-order valence-electron chi connectivity index (χ3n) is 3.88. The molecule has 1 heterocycles. The number of hydrogen-bond acceptors (Lipinski definition) is 3. The highest BCUT2D eigenvalue weighted by molar-refractivity contribution is 9.10. The van der Waals surface area contributed by atoms with Crippen LogP contribution in [-0.4, -0.2) is 40.9 Å². The highest BCUT2D eigenvalue weighted by Gasteiger charge is 2.33. The summed E-state index contributed by atoms with van der Waals surface area (Å²) in [5.74, 6) is -0.366. The summed E-state index contributed by atoms with van der Waals surface area (Å²) < 4.78 is 19.3. The zero-order valence-corrected chi connectivity index (χ0v) is 15.3. The molecule has 1 aromatic carbocycles. The molecule has 6 heteroatoms. The van der Waals surface area contributed by atoms with Gasteiger partial charge in [0.25, 0.3) is 0 Å². The molecule has 1 aliphatic heterocycles. The fraction of sp³-hybridized carbons (Fsp3) is 0.588. The van der Waals surface area contributed by atoms with Crippen molar-refractivity contribution in [3.05, 3.63) is 34.1 Å². The molecule has 23 heavy (non-hydrogen) atoms. The maximum atomic E-state index is 13.5. The molecule has 1 fully saturated rings. The lowest BCUT2D eigenvalue weighted by Crippen LogP contribution is -2.36. The first-order valence-electron chi connectivity index (χ1n) is 7.76. The van der Waals surface area contributed by atoms with E-state index in [4.69, 9.17) is 4.74 Å². The summed E-state index contributed by atoms with van der Waals surface area (Å²) >= 11 is 3.21. The van der Waals surface area contributed by atoms with Gasteiger partial charge in [-0.2, -0.15) is 0 Å². The molecule has 2 rings (SSSR count). The fourth-order valence-corrected chi connectivity index (χ4v) is 3.12. The van der Waals surface area contributed by atoms with E-state index in [1.54, 1.807) is 17.0 Å². The van der Waals surface area contributed by atoms with Gasteiger partial charge in [-0.15, -0.1) is 0 Å². The van der Waals surface area contributed by atoms with Crippen molar-refractivity contribution in [3.8, 4) is 0 Å². The minimum atomic E-state index is -0.625. The molecule has 0 bridgehead atoms. The van der Waals surface area contributed by atoms with Gasteiger partial charge in [-0.05, 0) is 61.2 Å². The second-order valence-electron chi connectivity index (χ2n) is 6.96. The van der Waals surface area contributed by atoms with Crippen LogP contribution in [-0.2, 0) is 11.2 Å². The number of carbonyl (C=O) groups is 1. The molecule has 128 valence electrons. The van der Waals surface area contributed by atoms with Crippen LogP contribution >= 0.6 is 15.9 Å². The predicted molar refractivity (Wildman–Crippen MR) is 89.7 cm³/mol. The molecule has 2 atom stereocenters. The number of amides is 1. The van der Waals surface area contributed by atoms with Crippen LogP contribution in [0.2, 0.25) is 0 Å². The first kappa shape index (κ1) is 18.2. The van der Waals surface area contributed by atoms with E-state index < -0.39 is 11.7 Å². The quantitative estimate of drug-likeness (QED) is 0.858. The second kappa shape index (κ2) is 7.18. The number of carbonyl (C=O) groups excluding carboxylic acids is 1. The summed E-state index contributed by atoms with van der Waals surface area (Å²) in [6, 6.07) is 4.79. The van der Waals surface area contributed by atoms with Crippen molar-refractivity contribution in [3.63, 3.8) is 0 Å². The monoisotopic (exact) mass is 387 g/mol. The molecule has 1 amide bonds. The standard InChI is InChI=1S/C17H23BrFNO3/c1-17(2,3)23-16(22)20-8-7-12(10-20)14(21)9-11-5-4-6-13(19)15(11)18/h4-6,12,14,21H,7-10H2,1-3H3. The zero-order chi connectivity index (χ0) is 17.2. The molecule has 0 aromatic heterocycles. The Morgan fingerprint density at radius 3 is 2.87 bits per heavy atom. The van der Waals surface area contributed by atoms with Crippen LogP contribution in [0.3, 0.4) is 0 Å². The minimum Gasteiger partial charge on any atom is -0.444 e. The van der Waals surface area contributed by atoms with Gasteiger partial charge in [-0.3, -0.25) is 0 Å². The third-order valence-corrected chi connectivity index (χ3v) is 4.77. The Morgan fingerprint density at radius 1 is 1.52 bits per heavy atom. The van der Waals surface area contributed by atoms with Crippen LogP contribution in [0.5, 0.6) is 0 Å². The van der Waals surface area contributed by atoms with Gasteiger partial charge in [-0.25, -0.2) is 9.18 Å². The molecular weight excluding hydrogens is 365 g/mol. The lowest BCUT2D eigenvalue weighted by molar-refractivity contribution is 0.0269. The van der Waals surface area contributed by atoms with Gasteiger partial charge in [0.05, 0.1) is 10.6 Å². The van der Waals surface area contributed by atoms with E-state index in [0.717, 1.165) is 5.56 Å². The molecule has 0 spiro atoms. The number of halogens is 2. The average Bonchev–Trinajstić information content (AvgIpc) is 2.92. The van der Waals surface area contributed by atoms with E-state index in [0.29, 0.717) is 30.4 Å². The summed E-state index contributed by atoms with van der Waals surface area (Å²) in [5.41, 5.74) is 0.202. The number of aliphatic hydroxyl groups excluding tert-OH is 1. The lowest BCUT2D eigenvalue weighted by atomic mass is 9.95. The van der Waals surface area contributed by atoms with E-state index in [1.165, 1.54) is 6.07 Å². The zero-order valence-electron chi connectivity index (χ0n) is 13.7. The molecule has 0 radical (unpaired) electrons. The van der Waals surface area contributed by atoms with Gasteiger partial charge < -0.3 is 14.7 Å². The highest BCUT2D eigenvalue weighted by Crippen LogP contribution is 2.27. The molecule has 1 aromatic rings. The number of rotatable bonds is 3. The van der Waals surface area contributed by atoms with Crippen LogP contribution in [0, 0.1) is 11.7 Å². The van der Waals surface area contributed by atoms with Crippen molar-refractivity contribution >= 4 is 22.0 Å². The molecule has 0 aliphatic carbocycles. The Labute approximate surface area is 144 Å². The summed E-state index contributed by atoms with van der Waals surface area (Å²) in [6.07, 6.45) is 0.0954. The number of nitrogens with zero attached hydrogens (tertiary/aromatic N) is 1. The smallest absolute Gasteiger partial charge is 0.410 e. The van der Waals surface area contributed by atoms with E-state index in [2.05, 4.69) is 15.9 Å². The van der Waals surface area contributed by atoms with Crippen molar-refractivity contribution in [2.75, 3.05) is 13.1 Å². The van der Waals surface area contributed by atoms with Gasteiger partial charge in [-0.1, -0.05) is 12.1 Å². The van der Waals surface area contributed by atoms with Crippen molar-refractivity contribution in [1.82, 2.24) is 4.90 Å². The molecule has 4 nitrogen and oxygen atoms in total. The normalized spacial score (nSPS) is 19.7. The van der Waals surface area contributed by atoms with E-state index in [-0.39, 0.29) is 17.8 Å². The highest BCUT2D eigenvalue weighted by atomic mass is 79.9. The largest absolute Gasteiger partial charge is 0.444 e. The number of hydrogen-bond donors (Lipinski definition) is 1.